The number of hydrogen-bond acceptors (Lipinski definition) is 3. The van der Waals surface area contributed by atoms with Gasteiger partial charge in [-0.05, 0) is 42.3 Å². The van der Waals surface area contributed by atoms with Crippen molar-refractivity contribution in [2.45, 2.75) is 25.5 Å². The molecule has 1 aliphatic heterocycles. The molecule has 0 radical (unpaired) electrons. The molecule has 2 N–H and O–H groups in total. The van der Waals surface area contributed by atoms with Crippen LogP contribution in [0.2, 0.25) is 0 Å². The molecule has 4 heteroatoms. The van der Waals surface area contributed by atoms with Crippen LogP contribution in [0.5, 0.6) is 11.5 Å². The van der Waals surface area contributed by atoms with Gasteiger partial charge in [0.25, 0.3) is 0 Å². The summed E-state index contributed by atoms with van der Waals surface area (Å²) in [6.45, 7) is 2.08. The first-order valence-corrected chi connectivity index (χ1v) is 7.74. The molecule has 110 valence electrons. The van der Waals surface area contributed by atoms with Gasteiger partial charge in [-0.3, -0.25) is 0 Å². The van der Waals surface area contributed by atoms with Crippen LogP contribution in [-0.4, -0.2) is 7.11 Å². The third-order valence-corrected chi connectivity index (χ3v) is 4.80. The fraction of sp³-hybridized carbons (Fsp3) is 0.294. The average Bonchev–Trinajstić information content (AvgIpc) is 2.49. The average molecular weight is 348 g/mol. The molecule has 0 amide bonds. The molecule has 3 rings (SSSR count). The van der Waals surface area contributed by atoms with E-state index in [1.807, 2.05) is 18.2 Å². The van der Waals surface area contributed by atoms with E-state index in [1.54, 1.807) is 7.11 Å². The van der Waals surface area contributed by atoms with Crippen LogP contribution in [0.3, 0.4) is 0 Å². The van der Waals surface area contributed by atoms with Crippen molar-refractivity contribution in [1.82, 2.24) is 0 Å². The van der Waals surface area contributed by atoms with E-state index in [9.17, 15) is 0 Å². The van der Waals surface area contributed by atoms with E-state index >= 15 is 0 Å². The quantitative estimate of drug-likeness (QED) is 0.881. The van der Waals surface area contributed by atoms with Gasteiger partial charge in [0.15, 0.2) is 0 Å². The van der Waals surface area contributed by atoms with Gasteiger partial charge in [-0.1, -0.05) is 28.1 Å². The molecule has 0 aliphatic carbocycles. The summed E-state index contributed by atoms with van der Waals surface area (Å²) in [5.74, 6) is 1.66. The smallest absolute Gasteiger partial charge is 0.126 e. The van der Waals surface area contributed by atoms with Crippen molar-refractivity contribution < 1.29 is 9.47 Å². The second kappa shape index (κ2) is 5.70. The van der Waals surface area contributed by atoms with Crippen molar-refractivity contribution in [3.63, 3.8) is 0 Å². The molecule has 2 atom stereocenters. The fourth-order valence-electron chi connectivity index (χ4n) is 2.68. The van der Waals surface area contributed by atoms with E-state index in [0.29, 0.717) is 0 Å². The van der Waals surface area contributed by atoms with Gasteiger partial charge in [0, 0.05) is 22.5 Å². The summed E-state index contributed by atoms with van der Waals surface area (Å²) in [4.78, 5) is 0. The van der Waals surface area contributed by atoms with Crippen LogP contribution in [0.15, 0.2) is 40.9 Å². The Morgan fingerprint density at radius 2 is 2.05 bits per heavy atom. The SMILES string of the molecule is COc1ccc2c(c1)[C@@H](N)CC(c1ccc(Br)c(C)c1)O2. The largest absolute Gasteiger partial charge is 0.497 e. The van der Waals surface area contributed by atoms with Gasteiger partial charge in [-0.2, -0.15) is 0 Å². The molecule has 3 nitrogen and oxygen atoms in total. The van der Waals surface area contributed by atoms with Gasteiger partial charge in [-0.25, -0.2) is 0 Å². The Morgan fingerprint density at radius 3 is 2.76 bits per heavy atom. The van der Waals surface area contributed by atoms with Crippen LogP contribution in [0.1, 0.15) is 35.3 Å². The third-order valence-electron chi connectivity index (χ3n) is 3.91. The maximum absolute atomic E-state index is 6.32. The van der Waals surface area contributed by atoms with Crippen LogP contribution in [0, 0.1) is 6.92 Å². The van der Waals surface area contributed by atoms with E-state index in [-0.39, 0.29) is 12.1 Å². The van der Waals surface area contributed by atoms with Crippen molar-refractivity contribution in [2.75, 3.05) is 7.11 Å². The Bertz CT molecular complexity index is 672. The Labute approximate surface area is 133 Å². The molecule has 2 aromatic carbocycles. The number of rotatable bonds is 2. The molecule has 2 aromatic rings. The lowest BCUT2D eigenvalue weighted by molar-refractivity contribution is 0.161. The van der Waals surface area contributed by atoms with E-state index in [0.717, 1.165) is 33.5 Å². The van der Waals surface area contributed by atoms with E-state index in [2.05, 4.69) is 41.1 Å². The molecule has 0 bridgehead atoms. The van der Waals surface area contributed by atoms with E-state index in [4.69, 9.17) is 15.2 Å². The van der Waals surface area contributed by atoms with Crippen LogP contribution < -0.4 is 15.2 Å². The van der Waals surface area contributed by atoms with Crippen LogP contribution in [-0.2, 0) is 0 Å². The zero-order chi connectivity index (χ0) is 15.0. The fourth-order valence-corrected chi connectivity index (χ4v) is 2.93. The minimum absolute atomic E-state index is 0.00676. The highest BCUT2D eigenvalue weighted by Gasteiger charge is 2.27. The van der Waals surface area contributed by atoms with Gasteiger partial charge in [0.2, 0.25) is 0 Å². The number of ether oxygens (including phenoxy) is 2. The summed E-state index contributed by atoms with van der Waals surface area (Å²) < 4.78 is 12.5. The highest BCUT2D eigenvalue weighted by atomic mass is 79.9. The first-order valence-electron chi connectivity index (χ1n) is 6.94. The van der Waals surface area contributed by atoms with Gasteiger partial charge in [0.05, 0.1) is 7.11 Å². The predicted octanol–water partition coefficient (Wildman–Crippen LogP) is 4.29. The molecule has 0 aromatic heterocycles. The predicted molar refractivity (Wildman–Crippen MR) is 86.8 cm³/mol. The van der Waals surface area contributed by atoms with Gasteiger partial charge in [-0.15, -0.1) is 0 Å². The molecule has 0 spiro atoms. The van der Waals surface area contributed by atoms with Crippen molar-refractivity contribution in [1.29, 1.82) is 0 Å². The highest BCUT2D eigenvalue weighted by molar-refractivity contribution is 9.10. The third kappa shape index (κ3) is 2.78. The van der Waals surface area contributed by atoms with E-state index < -0.39 is 0 Å². The van der Waals surface area contributed by atoms with Crippen LogP contribution >= 0.6 is 15.9 Å². The van der Waals surface area contributed by atoms with Crippen molar-refractivity contribution >= 4 is 15.9 Å². The van der Waals surface area contributed by atoms with Crippen molar-refractivity contribution in [3.05, 3.63) is 57.6 Å². The molecule has 21 heavy (non-hydrogen) atoms. The monoisotopic (exact) mass is 347 g/mol. The van der Waals surface area contributed by atoms with Crippen LogP contribution in [0.4, 0.5) is 0 Å². The Morgan fingerprint density at radius 1 is 1.24 bits per heavy atom. The highest BCUT2D eigenvalue weighted by Crippen LogP contribution is 2.41. The lowest BCUT2D eigenvalue weighted by Gasteiger charge is -2.31. The number of fused-ring (bicyclic) bond motifs is 1. The number of benzene rings is 2. The minimum Gasteiger partial charge on any atom is -0.497 e. The molecule has 0 fully saturated rings. The Kier molecular flexibility index (Phi) is 3.91. The Hall–Kier alpha value is -1.52. The number of nitrogens with two attached hydrogens (primary N) is 1. The number of hydrogen-bond donors (Lipinski definition) is 1. The zero-order valence-electron chi connectivity index (χ0n) is 12.1. The lowest BCUT2D eigenvalue weighted by Crippen LogP contribution is -2.24. The summed E-state index contributed by atoms with van der Waals surface area (Å²) in [5, 5.41) is 0. The normalized spacial score (nSPS) is 20.6. The molecule has 1 unspecified atom stereocenters. The summed E-state index contributed by atoms with van der Waals surface area (Å²) in [7, 11) is 1.66. The first kappa shape index (κ1) is 14.4. The minimum atomic E-state index is -0.0437. The molecule has 1 heterocycles. The molecular formula is C17H18BrNO2. The van der Waals surface area contributed by atoms with Gasteiger partial charge in [0.1, 0.15) is 17.6 Å². The summed E-state index contributed by atoms with van der Waals surface area (Å²) >= 11 is 3.53. The zero-order valence-corrected chi connectivity index (χ0v) is 13.7. The number of aryl methyl sites for hydroxylation is 1. The molecule has 0 saturated carbocycles. The van der Waals surface area contributed by atoms with Gasteiger partial charge >= 0.3 is 0 Å². The second-order valence-electron chi connectivity index (χ2n) is 5.36. The summed E-state index contributed by atoms with van der Waals surface area (Å²) in [6.07, 6.45) is 0.758. The molecular weight excluding hydrogens is 330 g/mol. The number of halogens is 1. The van der Waals surface area contributed by atoms with E-state index in [1.165, 1.54) is 5.56 Å². The number of methoxy groups -OCH3 is 1. The first-order chi connectivity index (χ1) is 10.1. The van der Waals surface area contributed by atoms with Crippen molar-refractivity contribution in [2.24, 2.45) is 5.73 Å². The van der Waals surface area contributed by atoms with Gasteiger partial charge < -0.3 is 15.2 Å². The standard InChI is InChI=1S/C17H18BrNO2/c1-10-7-11(3-5-14(10)18)17-9-15(19)13-8-12(20-2)4-6-16(13)21-17/h3-8,15,17H,9,19H2,1-2H3/t15-,17?/m0/s1. The summed E-state index contributed by atoms with van der Waals surface area (Å²) in [5.41, 5.74) is 9.69. The van der Waals surface area contributed by atoms with Crippen molar-refractivity contribution in [3.8, 4) is 11.5 Å². The topological polar surface area (TPSA) is 44.5 Å². The maximum atomic E-state index is 6.32. The molecule has 1 aliphatic rings. The Balaban J connectivity index is 1.92. The molecule has 0 saturated heterocycles. The summed E-state index contributed by atoms with van der Waals surface area (Å²) in [6, 6.07) is 12.1. The second-order valence-corrected chi connectivity index (χ2v) is 6.22. The maximum Gasteiger partial charge on any atom is 0.126 e. The lowest BCUT2D eigenvalue weighted by atomic mass is 9.93. The van der Waals surface area contributed by atoms with Crippen LogP contribution in [0.25, 0.3) is 0 Å².